The van der Waals surface area contributed by atoms with E-state index >= 15 is 0 Å². The fourth-order valence-corrected chi connectivity index (χ4v) is 3.11. The molecule has 17 heavy (non-hydrogen) atoms. The third kappa shape index (κ3) is 2.16. The van der Waals surface area contributed by atoms with Gasteiger partial charge in [0.05, 0.1) is 7.39 Å². The lowest BCUT2D eigenvalue weighted by Gasteiger charge is -2.33. The number of likely N-dealkylation sites (tertiary alicyclic amines) is 1. The molecule has 1 saturated heterocycles. The van der Waals surface area contributed by atoms with E-state index in [1.807, 2.05) is 0 Å². The van der Waals surface area contributed by atoms with E-state index in [0.29, 0.717) is 12.8 Å². The SMILES string of the molecule is [2H]C([2H])([2H])[C@]([2H])(N)C(=O)N1[C@H](C(=O)O)C[C@@H]2CCCC[C@@H]21. The Morgan fingerprint density at radius 3 is 2.88 bits per heavy atom. The fraction of sp³-hybridized carbons (Fsp3) is 0.833. The summed E-state index contributed by atoms with van der Waals surface area (Å²) in [5, 5.41) is 9.31. The quantitative estimate of drug-likeness (QED) is 0.744. The van der Waals surface area contributed by atoms with Gasteiger partial charge in [-0.05, 0) is 32.0 Å². The van der Waals surface area contributed by atoms with Crippen LogP contribution in [0.25, 0.3) is 0 Å². The number of rotatable bonds is 2. The van der Waals surface area contributed by atoms with E-state index in [9.17, 15) is 14.7 Å². The molecular weight excluding hydrogens is 220 g/mol. The molecule has 5 heteroatoms. The van der Waals surface area contributed by atoms with Crippen LogP contribution in [0.15, 0.2) is 0 Å². The highest BCUT2D eigenvalue weighted by Gasteiger charge is 2.47. The molecule has 5 nitrogen and oxygen atoms in total. The molecule has 2 fully saturated rings. The molecule has 0 unspecified atom stereocenters. The first-order valence-electron chi connectivity index (χ1n) is 7.92. The van der Waals surface area contributed by atoms with E-state index in [0.717, 1.165) is 24.2 Å². The molecular formula is C12H20N2O3. The van der Waals surface area contributed by atoms with Crippen molar-refractivity contribution < 1.29 is 20.2 Å². The second-order valence-electron chi connectivity index (χ2n) is 4.83. The minimum Gasteiger partial charge on any atom is -0.480 e. The third-order valence-electron chi connectivity index (χ3n) is 3.84. The van der Waals surface area contributed by atoms with Gasteiger partial charge >= 0.3 is 5.97 Å². The molecule has 0 aromatic carbocycles. The number of nitrogens with zero attached hydrogens (tertiary/aromatic N) is 1. The summed E-state index contributed by atoms with van der Waals surface area (Å²) in [5.74, 6) is -2.22. The van der Waals surface area contributed by atoms with Crippen LogP contribution in [0.1, 0.15) is 44.4 Å². The van der Waals surface area contributed by atoms with Gasteiger partial charge in [-0.1, -0.05) is 12.8 Å². The minimum atomic E-state index is -3.00. The molecule has 2 rings (SSSR count). The molecule has 3 N–H and O–H groups in total. The number of carboxylic acid groups (broad SMARTS) is 1. The Morgan fingerprint density at radius 2 is 2.24 bits per heavy atom. The van der Waals surface area contributed by atoms with Gasteiger partial charge in [-0.2, -0.15) is 0 Å². The van der Waals surface area contributed by atoms with Crippen molar-refractivity contribution in [3.8, 4) is 0 Å². The van der Waals surface area contributed by atoms with Crippen molar-refractivity contribution in [1.29, 1.82) is 0 Å². The van der Waals surface area contributed by atoms with Crippen molar-refractivity contribution in [2.75, 3.05) is 0 Å². The maximum atomic E-state index is 12.5. The summed E-state index contributed by atoms with van der Waals surface area (Å²) in [4.78, 5) is 24.9. The average Bonchev–Trinajstić information content (AvgIpc) is 2.75. The molecule has 1 aliphatic heterocycles. The maximum Gasteiger partial charge on any atom is 0.326 e. The van der Waals surface area contributed by atoms with Crippen LogP contribution in [0.2, 0.25) is 0 Å². The van der Waals surface area contributed by atoms with Crippen LogP contribution in [-0.2, 0) is 9.59 Å². The normalized spacial score (nSPS) is 40.3. The first-order valence-corrected chi connectivity index (χ1v) is 5.92. The molecule has 4 atom stereocenters. The zero-order chi connectivity index (χ0) is 16.0. The molecule has 1 amide bonds. The highest BCUT2D eigenvalue weighted by Crippen LogP contribution is 2.39. The van der Waals surface area contributed by atoms with Gasteiger partial charge in [0.15, 0.2) is 0 Å². The van der Waals surface area contributed by atoms with Gasteiger partial charge in [0.2, 0.25) is 5.91 Å². The van der Waals surface area contributed by atoms with Crippen LogP contribution < -0.4 is 5.73 Å². The van der Waals surface area contributed by atoms with E-state index in [1.165, 1.54) is 0 Å². The number of aliphatic carboxylic acids is 1. The van der Waals surface area contributed by atoms with Crippen molar-refractivity contribution in [2.45, 2.75) is 57.1 Å². The summed E-state index contributed by atoms with van der Waals surface area (Å²) < 4.78 is 29.5. The first kappa shape index (κ1) is 8.08. The minimum absolute atomic E-state index is 0.0520. The summed E-state index contributed by atoms with van der Waals surface area (Å²) >= 11 is 0. The number of amides is 1. The highest BCUT2D eigenvalue weighted by atomic mass is 16.4. The highest BCUT2D eigenvalue weighted by molar-refractivity contribution is 5.87. The summed E-state index contributed by atoms with van der Waals surface area (Å²) in [6.45, 7) is -3.00. The Kier molecular flexibility index (Phi) is 2.21. The summed E-state index contributed by atoms with van der Waals surface area (Å²) in [6.07, 6.45) is 3.60. The van der Waals surface area contributed by atoms with Crippen LogP contribution in [-0.4, -0.2) is 40.0 Å². The Hall–Kier alpha value is -1.10. The summed E-state index contributed by atoms with van der Waals surface area (Å²) in [6, 6.07) is -4.21. The second-order valence-corrected chi connectivity index (χ2v) is 4.83. The Labute approximate surface area is 107 Å². The maximum absolute atomic E-state index is 12.5. The molecule has 0 spiro atoms. The smallest absolute Gasteiger partial charge is 0.326 e. The van der Waals surface area contributed by atoms with Crippen LogP contribution in [0.3, 0.4) is 0 Å². The number of fused-ring (bicyclic) bond motifs is 1. The van der Waals surface area contributed by atoms with Gasteiger partial charge in [-0.25, -0.2) is 4.79 Å². The van der Waals surface area contributed by atoms with Gasteiger partial charge in [0.25, 0.3) is 0 Å². The van der Waals surface area contributed by atoms with Crippen LogP contribution in [0.4, 0.5) is 0 Å². The monoisotopic (exact) mass is 244 g/mol. The molecule has 96 valence electrons. The molecule has 2 aliphatic rings. The van der Waals surface area contributed by atoms with E-state index in [-0.39, 0.29) is 12.0 Å². The zero-order valence-corrected chi connectivity index (χ0v) is 9.56. The lowest BCUT2D eigenvalue weighted by Crippen LogP contribution is -2.51. The summed E-state index contributed by atoms with van der Waals surface area (Å²) in [7, 11) is 0. The average molecular weight is 244 g/mol. The van der Waals surface area contributed by atoms with Crippen LogP contribution >= 0.6 is 0 Å². The number of carboxylic acids is 1. The Morgan fingerprint density at radius 1 is 1.53 bits per heavy atom. The first-order chi connectivity index (χ1) is 9.57. The molecule has 1 aliphatic carbocycles. The number of carbonyl (C=O) groups excluding carboxylic acids is 1. The number of hydrogen-bond donors (Lipinski definition) is 2. The standard InChI is InChI=1S/C12H20N2O3/c1-7(13)11(15)14-9-5-3-2-4-8(9)6-10(14)12(16)17/h7-10H,2-6,13H2,1H3,(H,16,17)/t7-,8-,9-,10-/m0/s1/i1D3,7D. The molecule has 0 bridgehead atoms. The largest absolute Gasteiger partial charge is 0.480 e. The molecule has 0 aromatic heterocycles. The van der Waals surface area contributed by atoms with Crippen molar-refractivity contribution in [2.24, 2.45) is 11.7 Å². The van der Waals surface area contributed by atoms with E-state index in [1.54, 1.807) is 0 Å². The molecule has 0 radical (unpaired) electrons. The summed E-state index contributed by atoms with van der Waals surface area (Å²) in [5.41, 5.74) is 5.42. The molecule has 1 heterocycles. The van der Waals surface area contributed by atoms with E-state index in [2.05, 4.69) is 0 Å². The molecule has 0 aromatic rings. The number of hydrogen-bond acceptors (Lipinski definition) is 3. The Balaban J connectivity index is 2.33. The van der Waals surface area contributed by atoms with Crippen LogP contribution in [0, 0.1) is 5.92 Å². The van der Waals surface area contributed by atoms with Gasteiger partial charge in [0.1, 0.15) is 6.04 Å². The lowest BCUT2D eigenvalue weighted by molar-refractivity contribution is -0.150. The lowest BCUT2D eigenvalue weighted by atomic mass is 9.84. The van der Waals surface area contributed by atoms with Crippen molar-refractivity contribution in [3.63, 3.8) is 0 Å². The Bertz CT molecular complexity index is 452. The van der Waals surface area contributed by atoms with Gasteiger partial charge in [-0.3, -0.25) is 4.79 Å². The fourth-order valence-electron chi connectivity index (χ4n) is 3.11. The van der Waals surface area contributed by atoms with Crippen LogP contribution in [0.5, 0.6) is 0 Å². The van der Waals surface area contributed by atoms with Gasteiger partial charge < -0.3 is 15.7 Å². The van der Waals surface area contributed by atoms with Crippen molar-refractivity contribution in [1.82, 2.24) is 4.90 Å². The second kappa shape index (κ2) is 4.64. The topological polar surface area (TPSA) is 83.6 Å². The van der Waals surface area contributed by atoms with Crippen molar-refractivity contribution >= 4 is 11.9 Å². The predicted molar refractivity (Wildman–Crippen MR) is 62.3 cm³/mol. The van der Waals surface area contributed by atoms with E-state index < -0.39 is 30.8 Å². The van der Waals surface area contributed by atoms with E-state index in [4.69, 9.17) is 11.2 Å². The number of nitrogens with two attached hydrogens (primary N) is 1. The van der Waals surface area contributed by atoms with Gasteiger partial charge in [-0.15, -0.1) is 0 Å². The predicted octanol–water partition coefficient (Wildman–Crippen LogP) is 0.578. The van der Waals surface area contributed by atoms with Gasteiger partial charge in [0, 0.05) is 10.2 Å². The number of carbonyl (C=O) groups is 2. The zero-order valence-electron chi connectivity index (χ0n) is 13.6. The molecule has 1 saturated carbocycles. The van der Waals surface area contributed by atoms with Crippen molar-refractivity contribution in [3.05, 3.63) is 0 Å². The third-order valence-corrected chi connectivity index (χ3v) is 3.84.